The lowest BCUT2D eigenvalue weighted by atomic mass is 10.1. The molecule has 0 aliphatic heterocycles. The van der Waals surface area contributed by atoms with Crippen molar-refractivity contribution in [1.82, 2.24) is 25.5 Å². The first-order chi connectivity index (χ1) is 14.4. The summed E-state index contributed by atoms with van der Waals surface area (Å²) in [5, 5.41) is 18.5. The first-order valence-electron chi connectivity index (χ1n) is 9.12. The molecule has 0 aliphatic rings. The van der Waals surface area contributed by atoms with Crippen molar-refractivity contribution in [3.8, 4) is 11.4 Å². The van der Waals surface area contributed by atoms with Gasteiger partial charge >= 0.3 is 6.03 Å². The molecular weight excluding hydrogens is 396 g/mol. The molecule has 1 heterocycles. The Morgan fingerprint density at radius 3 is 2.33 bits per heavy atom. The van der Waals surface area contributed by atoms with Gasteiger partial charge in [-0.3, -0.25) is 4.79 Å². The number of nitrogens with zero attached hydrogens (tertiary/aromatic N) is 4. The molecule has 0 atom stereocenters. The first kappa shape index (κ1) is 20.8. The number of H-pyrrole nitrogens is 1. The lowest BCUT2D eigenvalue weighted by Crippen LogP contribution is -2.30. The zero-order chi connectivity index (χ0) is 21.7. The maximum absolute atomic E-state index is 13.3. The number of anilines is 2. The summed E-state index contributed by atoms with van der Waals surface area (Å²) < 4.78 is 26.6. The fourth-order valence-corrected chi connectivity index (χ4v) is 2.85. The number of hydrogen-bond donors (Lipinski definition) is 3. The van der Waals surface area contributed by atoms with E-state index in [0.29, 0.717) is 30.3 Å². The molecule has 0 fully saturated rings. The second kappa shape index (κ2) is 9.07. The highest BCUT2D eigenvalue weighted by Crippen LogP contribution is 2.27. The number of aromatic nitrogens is 4. The van der Waals surface area contributed by atoms with E-state index >= 15 is 0 Å². The Labute approximate surface area is 170 Å². The third kappa shape index (κ3) is 4.74. The molecule has 0 spiro atoms. The van der Waals surface area contributed by atoms with Crippen LogP contribution in [0, 0.1) is 11.6 Å². The molecule has 9 nitrogen and oxygen atoms in total. The van der Waals surface area contributed by atoms with Crippen molar-refractivity contribution in [3.63, 3.8) is 0 Å². The predicted molar refractivity (Wildman–Crippen MR) is 106 cm³/mol. The van der Waals surface area contributed by atoms with Gasteiger partial charge in [0.2, 0.25) is 5.82 Å². The molecule has 0 aliphatic carbocycles. The van der Waals surface area contributed by atoms with E-state index in [9.17, 15) is 18.4 Å². The van der Waals surface area contributed by atoms with E-state index in [1.165, 1.54) is 6.07 Å². The highest BCUT2D eigenvalue weighted by Gasteiger charge is 2.18. The molecule has 0 saturated carbocycles. The molecular formula is C19H19F2N7O2. The molecule has 0 unspecified atom stereocenters. The third-order valence-corrected chi connectivity index (χ3v) is 4.27. The zero-order valence-corrected chi connectivity index (χ0v) is 16.2. The molecule has 0 saturated heterocycles. The largest absolute Gasteiger partial charge is 0.339 e. The number of carbonyl (C=O) groups is 2. The quantitative estimate of drug-likeness (QED) is 0.571. The van der Waals surface area contributed by atoms with Gasteiger partial charge in [-0.2, -0.15) is 5.21 Å². The smallest absolute Gasteiger partial charge is 0.323 e. The number of carbonyl (C=O) groups excluding carboxylic acids is 2. The van der Waals surface area contributed by atoms with Crippen LogP contribution < -0.4 is 10.6 Å². The number of urea groups is 1. The monoisotopic (exact) mass is 415 g/mol. The number of halogens is 2. The van der Waals surface area contributed by atoms with Gasteiger partial charge in [0.1, 0.15) is 11.6 Å². The minimum Gasteiger partial charge on any atom is -0.339 e. The fourth-order valence-electron chi connectivity index (χ4n) is 2.85. The van der Waals surface area contributed by atoms with Crippen LogP contribution in [0.3, 0.4) is 0 Å². The fraction of sp³-hybridized carbons (Fsp3) is 0.211. The molecule has 3 amide bonds. The Hall–Kier alpha value is -3.89. The molecule has 11 heteroatoms. The van der Waals surface area contributed by atoms with Crippen LogP contribution in [0.2, 0.25) is 0 Å². The number of rotatable bonds is 6. The third-order valence-electron chi connectivity index (χ3n) is 4.27. The Morgan fingerprint density at radius 2 is 1.73 bits per heavy atom. The van der Waals surface area contributed by atoms with Crippen LogP contribution in [0.15, 0.2) is 36.4 Å². The van der Waals surface area contributed by atoms with Crippen LogP contribution >= 0.6 is 0 Å². The summed E-state index contributed by atoms with van der Waals surface area (Å²) >= 11 is 0. The predicted octanol–water partition coefficient (Wildman–Crippen LogP) is 3.27. The summed E-state index contributed by atoms with van der Waals surface area (Å²) in [6, 6.07) is 6.54. The molecule has 0 radical (unpaired) electrons. The lowest BCUT2D eigenvalue weighted by Gasteiger charge is -2.19. The van der Waals surface area contributed by atoms with Crippen molar-refractivity contribution in [1.29, 1.82) is 0 Å². The minimum absolute atomic E-state index is 0.0561. The zero-order valence-electron chi connectivity index (χ0n) is 16.2. The molecule has 3 N–H and O–H groups in total. The van der Waals surface area contributed by atoms with Gasteiger partial charge in [-0.15, -0.1) is 10.2 Å². The molecule has 156 valence electrons. The number of benzene rings is 2. The number of amides is 3. The summed E-state index contributed by atoms with van der Waals surface area (Å²) in [6.45, 7) is 4.83. The minimum atomic E-state index is -0.822. The Kier molecular flexibility index (Phi) is 6.30. The Balaban J connectivity index is 1.88. The first-order valence-corrected chi connectivity index (χ1v) is 9.12. The van der Waals surface area contributed by atoms with E-state index in [-0.39, 0.29) is 23.1 Å². The molecule has 2 aromatic carbocycles. The van der Waals surface area contributed by atoms with Crippen LogP contribution in [-0.2, 0) is 0 Å². The van der Waals surface area contributed by atoms with E-state index in [4.69, 9.17) is 0 Å². The lowest BCUT2D eigenvalue weighted by molar-refractivity contribution is 0.0773. The number of nitrogens with one attached hydrogen (secondary N) is 3. The van der Waals surface area contributed by atoms with Crippen LogP contribution in [0.4, 0.5) is 25.0 Å². The van der Waals surface area contributed by atoms with Crippen LogP contribution in [0.5, 0.6) is 0 Å². The van der Waals surface area contributed by atoms with Gasteiger partial charge in [-0.25, -0.2) is 13.6 Å². The number of hydrogen-bond acceptors (Lipinski definition) is 5. The van der Waals surface area contributed by atoms with Crippen molar-refractivity contribution in [2.24, 2.45) is 0 Å². The average Bonchev–Trinajstić information content (AvgIpc) is 3.23. The van der Waals surface area contributed by atoms with E-state index in [0.717, 1.165) is 12.1 Å². The summed E-state index contributed by atoms with van der Waals surface area (Å²) in [4.78, 5) is 26.6. The standard InChI is InChI=1S/C19H19F2N7O2/c1-3-28(4-2)18(29)11-5-6-16(15(7-11)17-24-26-27-25-17)23-19(30)22-14-9-12(20)8-13(21)10-14/h5-10H,3-4H2,1-2H3,(H2,22,23,30)(H,24,25,26,27). The van der Waals surface area contributed by atoms with Crippen LogP contribution in [0.25, 0.3) is 11.4 Å². The van der Waals surface area contributed by atoms with Crippen molar-refractivity contribution in [2.45, 2.75) is 13.8 Å². The van der Waals surface area contributed by atoms with Gasteiger partial charge in [0.15, 0.2) is 0 Å². The summed E-state index contributed by atoms with van der Waals surface area (Å²) in [7, 11) is 0. The Bertz CT molecular complexity index is 1030. The molecule has 1 aromatic heterocycles. The summed E-state index contributed by atoms with van der Waals surface area (Å²) in [5.41, 5.74) is 0.959. The second-order valence-corrected chi connectivity index (χ2v) is 6.21. The van der Waals surface area contributed by atoms with Crippen molar-refractivity contribution in [2.75, 3.05) is 23.7 Å². The Morgan fingerprint density at radius 1 is 1.03 bits per heavy atom. The van der Waals surface area contributed by atoms with Crippen LogP contribution in [0.1, 0.15) is 24.2 Å². The van der Waals surface area contributed by atoms with Crippen molar-refractivity contribution < 1.29 is 18.4 Å². The molecule has 3 aromatic rings. The van der Waals surface area contributed by atoms with E-state index in [1.54, 1.807) is 17.0 Å². The maximum Gasteiger partial charge on any atom is 0.323 e. The highest BCUT2D eigenvalue weighted by atomic mass is 19.1. The molecule has 3 rings (SSSR count). The van der Waals surface area contributed by atoms with Gasteiger partial charge < -0.3 is 15.5 Å². The van der Waals surface area contributed by atoms with E-state index < -0.39 is 17.7 Å². The van der Waals surface area contributed by atoms with Crippen molar-refractivity contribution >= 4 is 23.3 Å². The SMILES string of the molecule is CCN(CC)C(=O)c1ccc(NC(=O)Nc2cc(F)cc(F)c2)c(-c2nn[nH]n2)c1. The van der Waals surface area contributed by atoms with Crippen molar-refractivity contribution in [3.05, 3.63) is 53.6 Å². The maximum atomic E-state index is 13.3. The summed E-state index contributed by atoms with van der Waals surface area (Å²) in [5.74, 6) is -1.67. The van der Waals surface area contributed by atoms with Gasteiger partial charge in [0.05, 0.1) is 5.69 Å². The van der Waals surface area contributed by atoms with Gasteiger partial charge in [0.25, 0.3) is 5.91 Å². The van der Waals surface area contributed by atoms with Crippen LogP contribution in [-0.4, -0.2) is 50.6 Å². The summed E-state index contributed by atoms with van der Waals surface area (Å²) in [6.07, 6.45) is 0. The van der Waals surface area contributed by atoms with Gasteiger partial charge in [0, 0.05) is 36.0 Å². The number of aromatic amines is 1. The number of tetrazole rings is 1. The topological polar surface area (TPSA) is 116 Å². The molecule has 0 bridgehead atoms. The highest BCUT2D eigenvalue weighted by molar-refractivity contribution is 6.03. The normalized spacial score (nSPS) is 10.5. The van der Waals surface area contributed by atoms with Gasteiger partial charge in [-0.05, 0) is 49.4 Å². The molecule has 30 heavy (non-hydrogen) atoms. The van der Waals surface area contributed by atoms with E-state index in [1.807, 2.05) is 13.8 Å². The average molecular weight is 415 g/mol. The second-order valence-electron chi connectivity index (χ2n) is 6.21. The van der Waals surface area contributed by atoms with Gasteiger partial charge in [-0.1, -0.05) is 0 Å². The van der Waals surface area contributed by atoms with E-state index in [2.05, 4.69) is 31.3 Å².